The number of halogens is 1. The maximum atomic E-state index is 6.18. The first-order valence-electron chi connectivity index (χ1n) is 5.94. The zero-order valence-electron chi connectivity index (χ0n) is 10.1. The Morgan fingerprint density at radius 1 is 1.35 bits per heavy atom. The topological polar surface area (TPSA) is 0 Å². The first-order chi connectivity index (χ1) is 8.22. The van der Waals surface area contributed by atoms with E-state index in [2.05, 4.69) is 49.1 Å². The fourth-order valence-corrected chi connectivity index (χ4v) is 2.37. The SMILES string of the molecule is C=CC(c1ccc(C)c(Cl)c1)C1C=CCC=C1. The molecule has 1 aromatic carbocycles. The second kappa shape index (κ2) is 5.37. The summed E-state index contributed by atoms with van der Waals surface area (Å²) >= 11 is 6.18. The number of hydrogen-bond acceptors (Lipinski definition) is 0. The summed E-state index contributed by atoms with van der Waals surface area (Å²) in [5.74, 6) is 0.709. The zero-order chi connectivity index (χ0) is 12.3. The molecule has 17 heavy (non-hydrogen) atoms. The van der Waals surface area contributed by atoms with Crippen molar-refractivity contribution in [1.82, 2.24) is 0 Å². The first-order valence-corrected chi connectivity index (χ1v) is 6.32. The van der Waals surface area contributed by atoms with Crippen LogP contribution in [0.5, 0.6) is 0 Å². The van der Waals surface area contributed by atoms with E-state index in [1.807, 2.05) is 13.0 Å². The van der Waals surface area contributed by atoms with Crippen LogP contribution in [0.15, 0.2) is 55.2 Å². The zero-order valence-corrected chi connectivity index (χ0v) is 10.8. The molecule has 0 spiro atoms. The van der Waals surface area contributed by atoms with Gasteiger partial charge in [0.05, 0.1) is 0 Å². The molecule has 0 aliphatic heterocycles. The van der Waals surface area contributed by atoms with E-state index in [0.29, 0.717) is 11.8 Å². The second-order valence-corrected chi connectivity index (χ2v) is 4.85. The van der Waals surface area contributed by atoms with Gasteiger partial charge in [-0.2, -0.15) is 0 Å². The van der Waals surface area contributed by atoms with Gasteiger partial charge < -0.3 is 0 Å². The number of aryl methyl sites for hydroxylation is 1. The first kappa shape index (κ1) is 12.2. The van der Waals surface area contributed by atoms with Crippen molar-refractivity contribution in [2.45, 2.75) is 19.3 Å². The molecule has 1 unspecified atom stereocenters. The Morgan fingerprint density at radius 2 is 2.06 bits per heavy atom. The number of rotatable bonds is 3. The molecule has 1 aromatic rings. The molecule has 1 aliphatic rings. The summed E-state index contributed by atoms with van der Waals surface area (Å²) in [4.78, 5) is 0. The van der Waals surface area contributed by atoms with Crippen LogP contribution < -0.4 is 0 Å². The average Bonchev–Trinajstić information content (AvgIpc) is 2.36. The summed E-state index contributed by atoms with van der Waals surface area (Å²) in [6.07, 6.45) is 12.0. The molecule has 0 bridgehead atoms. The minimum Gasteiger partial charge on any atom is -0.102 e. The third-order valence-electron chi connectivity index (χ3n) is 3.24. The largest absolute Gasteiger partial charge is 0.102 e. The van der Waals surface area contributed by atoms with Gasteiger partial charge in [-0.3, -0.25) is 0 Å². The Hall–Kier alpha value is -1.27. The standard InChI is InChI=1S/C16H17Cl/c1-3-15(13-7-5-4-6-8-13)14-10-9-12(2)16(17)11-14/h3,5-11,13,15H,1,4H2,2H3. The van der Waals surface area contributed by atoms with E-state index in [1.54, 1.807) is 0 Å². The Morgan fingerprint density at radius 3 is 2.65 bits per heavy atom. The van der Waals surface area contributed by atoms with E-state index in [-0.39, 0.29) is 0 Å². The van der Waals surface area contributed by atoms with Crippen LogP contribution in [0.3, 0.4) is 0 Å². The van der Waals surface area contributed by atoms with Crippen molar-refractivity contribution in [2.24, 2.45) is 5.92 Å². The highest BCUT2D eigenvalue weighted by molar-refractivity contribution is 6.31. The Bertz CT molecular complexity index is 456. The summed E-state index contributed by atoms with van der Waals surface area (Å²) in [6.45, 7) is 5.98. The molecule has 0 nitrogen and oxygen atoms in total. The van der Waals surface area contributed by atoms with Crippen LogP contribution in [-0.4, -0.2) is 0 Å². The van der Waals surface area contributed by atoms with Gasteiger partial charge >= 0.3 is 0 Å². The van der Waals surface area contributed by atoms with Crippen molar-refractivity contribution < 1.29 is 0 Å². The maximum Gasteiger partial charge on any atom is 0.0438 e. The second-order valence-electron chi connectivity index (χ2n) is 4.44. The molecule has 2 rings (SSSR count). The van der Waals surface area contributed by atoms with Gasteiger partial charge in [-0.25, -0.2) is 0 Å². The van der Waals surface area contributed by atoms with Gasteiger partial charge in [-0.1, -0.05) is 54.1 Å². The van der Waals surface area contributed by atoms with Gasteiger partial charge in [0.15, 0.2) is 0 Å². The van der Waals surface area contributed by atoms with Crippen LogP contribution >= 0.6 is 11.6 Å². The molecule has 88 valence electrons. The van der Waals surface area contributed by atoms with Gasteiger partial charge in [0.1, 0.15) is 0 Å². The lowest BCUT2D eigenvalue weighted by atomic mass is 9.83. The fourth-order valence-electron chi connectivity index (χ4n) is 2.19. The summed E-state index contributed by atoms with van der Waals surface area (Å²) in [5.41, 5.74) is 2.35. The average molecular weight is 245 g/mol. The van der Waals surface area contributed by atoms with Crippen molar-refractivity contribution in [3.63, 3.8) is 0 Å². The molecular weight excluding hydrogens is 228 g/mol. The minimum absolute atomic E-state index is 0.306. The van der Waals surface area contributed by atoms with Crippen LogP contribution in [0, 0.1) is 12.8 Å². The van der Waals surface area contributed by atoms with Gasteiger partial charge in [0.25, 0.3) is 0 Å². The number of allylic oxidation sites excluding steroid dienone is 5. The molecule has 0 heterocycles. The monoisotopic (exact) mass is 244 g/mol. The Kier molecular flexibility index (Phi) is 3.86. The molecule has 0 saturated carbocycles. The number of benzene rings is 1. The van der Waals surface area contributed by atoms with Gasteiger partial charge in [-0.15, -0.1) is 6.58 Å². The van der Waals surface area contributed by atoms with E-state index in [4.69, 9.17) is 11.6 Å². The highest BCUT2D eigenvalue weighted by Gasteiger charge is 2.17. The van der Waals surface area contributed by atoms with Crippen LogP contribution in [0.4, 0.5) is 0 Å². The molecule has 0 aromatic heterocycles. The van der Waals surface area contributed by atoms with E-state index < -0.39 is 0 Å². The van der Waals surface area contributed by atoms with Crippen LogP contribution in [0.1, 0.15) is 23.5 Å². The van der Waals surface area contributed by atoms with E-state index >= 15 is 0 Å². The Labute approximate surface area is 108 Å². The quantitative estimate of drug-likeness (QED) is 0.653. The smallest absolute Gasteiger partial charge is 0.0438 e. The molecule has 0 amide bonds. The summed E-state index contributed by atoms with van der Waals surface area (Å²) < 4.78 is 0. The lowest BCUT2D eigenvalue weighted by Gasteiger charge is -2.21. The molecule has 0 N–H and O–H groups in total. The third-order valence-corrected chi connectivity index (χ3v) is 3.65. The van der Waals surface area contributed by atoms with Crippen LogP contribution in [0.25, 0.3) is 0 Å². The molecule has 1 aliphatic carbocycles. The molecule has 0 radical (unpaired) electrons. The molecule has 1 heteroatoms. The summed E-state index contributed by atoms with van der Waals surface area (Å²) in [6, 6.07) is 6.27. The van der Waals surface area contributed by atoms with E-state index in [1.165, 1.54) is 5.56 Å². The molecule has 1 atom stereocenters. The third kappa shape index (κ3) is 2.70. The van der Waals surface area contributed by atoms with Crippen molar-refractivity contribution in [3.8, 4) is 0 Å². The minimum atomic E-state index is 0.306. The lowest BCUT2D eigenvalue weighted by molar-refractivity contribution is 0.698. The number of hydrogen-bond donors (Lipinski definition) is 0. The Balaban J connectivity index is 2.31. The molecule has 0 saturated heterocycles. The van der Waals surface area contributed by atoms with Crippen LogP contribution in [-0.2, 0) is 0 Å². The fraction of sp³-hybridized carbons (Fsp3) is 0.250. The van der Waals surface area contributed by atoms with E-state index in [0.717, 1.165) is 17.0 Å². The van der Waals surface area contributed by atoms with Gasteiger partial charge in [0, 0.05) is 16.9 Å². The van der Waals surface area contributed by atoms with Crippen molar-refractivity contribution in [1.29, 1.82) is 0 Å². The molecular formula is C16H17Cl. The summed E-state index contributed by atoms with van der Waals surface area (Å²) in [5, 5.41) is 0.832. The normalized spacial score (nSPS) is 17.1. The predicted octanol–water partition coefficient (Wildman–Crippen LogP) is 5.05. The van der Waals surface area contributed by atoms with Crippen molar-refractivity contribution >= 4 is 11.6 Å². The highest BCUT2D eigenvalue weighted by Crippen LogP contribution is 2.32. The lowest BCUT2D eigenvalue weighted by Crippen LogP contribution is -2.07. The van der Waals surface area contributed by atoms with E-state index in [9.17, 15) is 0 Å². The highest BCUT2D eigenvalue weighted by atomic mass is 35.5. The van der Waals surface area contributed by atoms with Gasteiger partial charge in [-0.05, 0) is 30.5 Å². The van der Waals surface area contributed by atoms with Gasteiger partial charge in [0.2, 0.25) is 0 Å². The van der Waals surface area contributed by atoms with Crippen molar-refractivity contribution in [2.75, 3.05) is 0 Å². The summed E-state index contributed by atoms with van der Waals surface area (Å²) in [7, 11) is 0. The molecule has 0 fully saturated rings. The van der Waals surface area contributed by atoms with Crippen molar-refractivity contribution in [3.05, 3.63) is 71.3 Å². The van der Waals surface area contributed by atoms with Crippen LogP contribution in [0.2, 0.25) is 5.02 Å². The predicted molar refractivity (Wildman–Crippen MR) is 75.5 cm³/mol. The maximum absolute atomic E-state index is 6.18.